The van der Waals surface area contributed by atoms with Gasteiger partial charge >= 0.3 is 0 Å². The van der Waals surface area contributed by atoms with Crippen LogP contribution in [-0.4, -0.2) is 58.6 Å². The third-order valence-corrected chi connectivity index (χ3v) is 9.20. The highest BCUT2D eigenvalue weighted by atomic mass is 16.2. The number of nitrogens with one attached hydrogen (secondary N) is 2. The predicted molar refractivity (Wildman–Crippen MR) is 163 cm³/mol. The Bertz CT molecular complexity index is 1470. The molecule has 4 aliphatic rings. The fourth-order valence-electron chi connectivity index (χ4n) is 6.11. The lowest BCUT2D eigenvalue weighted by Gasteiger charge is -2.25. The number of nitrogens with zero attached hydrogens (tertiary/aromatic N) is 4. The van der Waals surface area contributed by atoms with Crippen LogP contribution in [0, 0.1) is 33.5 Å². The van der Waals surface area contributed by atoms with Crippen molar-refractivity contribution in [3.05, 3.63) is 59.7 Å². The zero-order chi connectivity index (χ0) is 30.9. The molecular formula is C34H34N6O4. The molecule has 10 nitrogen and oxygen atoms in total. The summed E-state index contributed by atoms with van der Waals surface area (Å²) in [4.78, 5) is 54.8. The molecule has 10 heteroatoms. The van der Waals surface area contributed by atoms with Crippen molar-refractivity contribution >= 4 is 47.2 Å². The Morgan fingerprint density at radius 3 is 1.34 bits per heavy atom. The van der Waals surface area contributed by atoms with Crippen LogP contribution in [0.3, 0.4) is 0 Å². The van der Waals surface area contributed by atoms with Crippen LogP contribution in [0.25, 0.3) is 12.2 Å². The maximum absolute atomic E-state index is 13.0. The van der Waals surface area contributed by atoms with Crippen molar-refractivity contribution in [2.75, 3.05) is 23.7 Å². The van der Waals surface area contributed by atoms with E-state index in [4.69, 9.17) is 0 Å². The number of likely N-dealkylation sites (tertiary alicyclic amines) is 2. The Balaban J connectivity index is 1.01. The van der Waals surface area contributed by atoms with E-state index in [0.29, 0.717) is 63.0 Å². The fraction of sp³-hybridized carbons (Fsp3) is 0.412. The van der Waals surface area contributed by atoms with Gasteiger partial charge in [-0.15, -0.1) is 0 Å². The lowest BCUT2D eigenvalue weighted by molar-refractivity contribution is -0.139. The van der Waals surface area contributed by atoms with Crippen LogP contribution >= 0.6 is 0 Å². The summed E-state index contributed by atoms with van der Waals surface area (Å²) in [6.45, 7) is 1.00. The molecule has 2 aromatic carbocycles. The second-order valence-electron chi connectivity index (χ2n) is 12.3. The number of rotatable bonds is 8. The van der Waals surface area contributed by atoms with Gasteiger partial charge in [0, 0.05) is 24.5 Å². The Labute approximate surface area is 256 Å². The average Bonchev–Trinajstić information content (AvgIpc) is 3.91. The molecule has 44 heavy (non-hydrogen) atoms. The van der Waals surface area contributed by atoms with Gasteiger partial charge in [-0.3, -0.25) is 19.2 Å². The number of carbonyl (C=O) groups excluding carboxylic acids is 4. The summed E-state index contributed by atoms with van der Waals surface area (Å²) < 4.78 is 0. The monoisotopic (exact) mass is 590 g/mol. The van der Waals surface area contributed by atoms with E-state index in [2.05, 4.69) is 22.8 Å². The van der Waals surface area contributed by atoms with E-state index < -0.39 is 22.9 Å². The fourth-order valence-corrected chi connectivity index (χ4v) is 6.11. The summed E-state index contributed by atoms with van der Waals surface area (Å²) in [5, 5.41) is 24.6. The van der Waals surface area contributed by atoms with E-state index in [1.165, 1.54) is 0 Å². The van der Waals surface area contributed by atoms with E-state index >= 15 is 0 Å². The summed E-state index contributed by atoms with van der Waals surface area (Å²) in [5.41, 5.74) is 1.27. The van der Waals surface area contributed by atoms with E-state index in [1.807, 2.05) is 60.7 Å². The molecule has 2 saturated heterocycles. The van der Waals surface area contributed by atoms with Crippen LogP contribution in [0.2, 0.25) is 0 Å². The molecule has 4 amide bonds. The molecule has 6 rings (SSSR count). The highest BCUT2D eigenvalue weighted by Crippen LogP contribution is 2.48. The van der Waals surface area contributed by atoms with Gasteiger partial charge in [0.25, 0.3) is 0 Å². The van der Waals surface area contributed by atoms with Crippen molar-refractivity contribution in [3.8, 4) is 12.1 Å². The Morgan fingerprint density at radius 1 is 0.659 bits per heavy atom. The Morgan fingerprint density at radius 2 is 1.02 bits per heavy atom. The molecule has 224 valence electrons. The van der Waals surface area contributed by atoms with E-state index in [9.17, 15) is 29.7 Å². The SMILES string of the molecule is N#CC1(C(=O)N2CCC[C@H]2C(=O)Nc2ccc(/C=C/c3ccc(NC(=O)[C@@H]4CCCN4C(=O)C4(C#N)CC4)cc3)cc2)CC1. The highest BCUT2D eigenvalue weighted by Gasteiger charge is 2.55. The molecule has 2 aliphatic carbocycles. The normalized spacial score (nSPS) is 22.6. The van der Waals surface area contributed by atoms with Crippen LogP contribution in [0.5, 0.6) is 0 Å². The lowest BCUT2D eigenvalue weighted by Crippen LogP contribution is -2.46. The maximum Gasteiger partial charge on any atom is 0.247 e. The van der Waals surface area contributed by atoms with Crippen LogP contribution < -0.4 is 10.6 Å². The molecular weight excluding hydrogens is 556 g/mol. The van der Waals surface area contributed by atoms with Crippen molar-refractivity contribution < 1.29 is 19.2 Å². The zero-order valence-electron chi connectivity index (χ0n) is 24.4. The number of anilines is 2. The Kier molecular flexibility index (Phi) is 7.69. The smallest absolute Gasteiger partial charge is 0.247 e. The molecule has 4 fully saturated rings. The van der Waals surface area contributed by atoms with Crippen molar-refractivity contribution in [2.45, 2.75) is 63.5 Å². The van der Waals surface area contributed by atoms with Crippen LogP contribution in [0.1, 0.15) is 62.5 Å². The van der Waals surface area contributed by atoms with Gasteiger partial charge in [0.1, 0.15) is 22.9 Å². The summed E-state index contributed by atoms with van der Waals surface area (Å²) in [6.07, 6.45) is 8.81. The van der Waals surface area contributed by atoms with Crippen LogP contribution in [-0.2, 0) is 19.2 Å². The van der Waals surface area contributed by atoms with Gasteiger partial charge in [-0.05, 0) is 86.8 Å². The standard InChI is InChI=1S/C34H34N6O4/c35-21-33(15-16-33)31(43)39-19-1-3-27(39)29(41)37-25-11-7-23(8-12-25)5-6-24-9-13-26(14-10-24)38-30(42)28-4-2-20-40(28)32(44)34(22-36)17-18-34/h5-14,27-28H,1-4,15-20H2,(H,37,41)(H,38,42)/b6-5+/t27-,28-/m0/s1. The lowest BCUT2D eigenvalue weighted by atomic mass is 10.1. The third-order valence-electron chi connectivity index (χ3n) is 9.20. The number of hydrogen-bond donors (Lipinski definition) is 2. The van der Waals surface area contributed by atoms with Crippen LogP contribution in [0.4, 0.5) is 11.4 Å². The molecule has 2 N–H and O–H groups in total. The third kappa shape index (κ3) is 5.68. The van der Waals surface area contributed by atoms with Crippen molar-refractivity contribution in [1.82, 2.24) is 9.80 Å². The minimum atomic E-state index is -0.928. The van der Waals surface area contributed by atoms with Gasteiger partial charge in [-0.2, -0.15) is 10.5 Å². The molecule has 2 atom stereocenters. The van der Waals surface area contributed by atoms with E-state index in [1.54, 1.807) is 9.80 Å². The number of hydrogen-bond acceptors (Lipinski definition) is 6. The molecule has 2 saturated carbocycles. The second-order valence-corrected chi connectivity index (χ2v) is 12.3. The molecule has 0 aromatic heterocycles. The minimum Gasteiger partial charge on any atom is -0.329 e. The number of benzene rings is 2. The van der Waals surface area contributed by atoms with Crippen molar-refractivity contribution in [1.29, 1.82) is 10.5 Å². The summed E-state index contributed by atoms with van der Waals surface area (Å²) in [5.74, 6) is -0.907. The summed E-state index contributed by atoms with van der Waals surface area (Å²) >= 11 is 0. The second kappa shape index (κ2) is 11.6. The van der Waals surface area contributed by atoms with Crippen LogP contribution in [0.15, 0.2) is 48.5 Å². The number of nitriles is 2. The quantitative estimate of drug-likeness (QED) is 0.438. The first kappa shape index (κ1) is 29.1. The Hall–Kier alpha value is -4.96. The van der Waals surface area contributed by atoms with Gasteiger partial charge in [-0.1, -0.05) is 36.4 Å². The first-order valence-corrected chi connectivity index (χ1v) is 15.2. The summed E-state index contributed by atoms with van der Waals surface area (Å²) in [7, 11) is 0. The highest BCUT2D eigenvalue weighted by molar-refractivity contribution is 6.00. The van der Waals surface area contributed by atoms with Crippen molar-refractivity contribution in [3.63, 3.8) is 0 Å². The number of amides is 4. The van der Waals surface area contributed by atoms with E-state index in [-0.39, 0.29) is 23.6 Å². The first-order chi connectivity index (χ1) is 21.3. The van der Waals surface area contributed by atoms with E-state index in [0.717, 1.165) is 24.0 Å². The molecule has 2 heterocycles. The first-order valence-electron chi connectivity index (χ1n) is 15.2. The minimum absolute atomic E-state index is 0.219. The van der Waals surface area contributed by atoms with Gasteiger partial charge in [-0.25, -0.2) is 0 Å². The van der Waals surface area contributed by atoms with Gasteiger partial charge in [0.2, 0.25) is 23.6 Å². The molecule has 2 aliphatic heterocycles. The largest absolute Gasteiger partial charge is 0.329 e. The van der Waals surface area contributed by atoms with Gasteiger partial charge in [0.15, 0.2) is 0 Å². The van der Waals surface area contributed by atoms with Crippen molar-refractivity contribution in [2.24, 2.45) is 10.8 Å². The average molecular weight is 591 g/mol. The molecule has 0 radical (unpaired) electrons. The zero-order valence-corrected chi connectivity index (χ0v) is 24.4. The maximum atomic E-state index is 13.0. The molecule has 0 spiro atoms. The van der Waals surface area contributed by atoms with Gasteiger partial charge < -0.3 is 20.4 Å². The predicted octanol–water partition coefficient (Wildman–Crippen LogP) is 4.32. The summed E-state index contributed by atoms with van der Waals surface area (Å²) in [6, 6.07) is 18.0. The van der Waals surface area contributed by atoms with Gasteiger partial charge in [0.05, 0.1) is 12.1 Å². The molecule has 0 bridgehead atoms. The topological polar surface area (TPSA) is 146 Å². The number of carbonyl (C=O) groups is 4. The molecule has 0 unspecified atom stereocenters. The molecule has 2 aromatic rings.